The third-order valence-corrected chi connectivity index (χ3v) is 4.36. The lowest BCUT2D eigenvalue weighted by atomic mass is 10.1. The molecule has 0 heterocycles. The zero-order chi connectivity index (χ0) is 14.5. The van der Waals surface area contributed by atoms with Crippen molar-refractivity contribution >= 4 is 31.9 Å². The molecule has 0 bridgehead atoms. The molecule has 0 aliphatic rings. The second-order valence-corrected chi connectivity index (χ2v) is 6.59. The van der Waals surface area contributed by atoms with E-state index in [0.29, 0.717) is 0 Å². The van der Waals surface area contributed by atoms with Gasteiger partial charge in [0, 0.05) is 13.1 Å². The third-order valence-electron chi connectivity index (χ3n) is 3.15. The molecule has 0 aliphatic carbocycles. The van der Waals surface area contributed by atoms with Crippen LogP contribution in [0.5, 0.6) is 5.75 Å². The third kappa shape index (κ3) is 4.33. The van der Waals surface area contributed by atoms with Crippen molar-refractivity contribution in [1.82, 2.24) is 4.90 Å². The number of nitrogens with zero attached hydrogens (tertiary/aromatic N) is 1. The van der Waals surface area contributed by atoms with Gasteiger partial charge in [-0.25, -0.2) is 0 Å². The Bertz CT molecular complexity index is 549. The minimum absolute atomic E-state index is 0.251. The van der Waals surface area contributed by atoms with Crippen molar-refractivity contribution in [1.29, 1.82) is 0 Å². The fourth-order valence-corrected chi connectivity index (χ4v) is 3.35. The summed E-state index contributed by atoms with van der Waals surface area (Å²) in [7, 11) is 2.11. The van der Waals surface area contributed by atoms with E-state index in [1.807, 2.05) is 18.2 Å². The summed E-state index contributed by atoms with van der Waals surface area (Å²) in [6.45, 7) is 1.85. The predicted molar refractivity (Wildman–Crippen MR) is 90.0 cm³/mol. The van der Waals surface area contributed by atoms with Crippen LogP contribution in [0.3, 0.4) is 0 Å². The Balaban J connectivity index is 1.93. The summed E-state index contributed by atoms with van der Waals surface area (Å²) in [6.07, 6.45) is 1.04. The van der Waals surface area contributed by atoms with Gasteiger partial charge < -0.3 is 10.0 Å². The smallest absolute Gasteiger partial charge is 0.143 e. The Morgan fingerprint density at radius 3 is 2.20 bits per heavy atom. The molecule has 2 aromatic carbocycles. The second kappa shape index (κ2) is 7.25. The van der Waals surface area contributed by atoms with Crippen LogP contribution in [0.2, 0.25) is 0 Å². The van der Waals surface area contributed by atoms with Crippen LogP contribution in [0.4, 0.5) is 0 Å². The van der Waals surface area contributed by atoms with Crippen molar-refractivity contribution in [3.63, 3.8) is 0 Å². The SMILES string of the molecule is CN(CCc1ccccc1)Cc1cc(Br)c(O)c(Br)c1. The molecular weight excluding hydrogens is 382 g/mol. The molecule has 0 spiro atoms. The van der Waals surface area contributed by atoms with E-state index in [0.717, 1.165) is 34.0 Å². The molecule has 2 rings (SSSR count). The maximum Gasteiger partial charge on any atom is 0.143 e. The predicted octanol–water partition coefficient (Wildman–Crippen LogP) is 4.59. The molecule has 4 heteroatoms. The molecule has 2 nitrogen and oxygen atoms in total. The van der Waals surface area contributed by atoms with Crippen LogP contribution in [0, 0.1) is 0 Å². The van der Waals surface area contributed by atoms with Crippen molar-refractivity contribution in [3.05, 3.63) is 62.5 Å². The summed E-state index contributed by atoms with van der Waals surface area (Å²) in [5.74, 6) is 0.251. The van der Waals surface area contributed by atoms with Crippen molar-refractivity contribution in [2.75, 3.05) is 13.6 Å². The topological polar surface area (TPSA) is 23.5 Å². The summed E-state index contributed by atoms with van der Waals surface area (Å²) in [4.78, 5) is 2.28. The first-order valence-electron chi connectivity index (χ1n) is 6.45. The van der Waals surface area contributed by atoms with E-state index < -0.39 is 0 Å². The number of benzene rings is 2. The number of hydrogen-bond donors (Lipinski definition) is 1. The molecule has 1 N–H and O–H groups in total. The highest BCUT2D eigenvalue weighted by Crippen LogP contribution is 2.33. The van der Waals surface area contributed by atoms with Gasteiger partial charge in [-0.2, -0.15) is 0 Å². The van der Waals surface area contributed by atoms with E-state index in [2.05, 4.69) is 68.1 Å². The number of aromatic hydroxyl groups is 1. The van der Waals surface area contributed by atoms with Gasteiger partial charge in [-0.05, 0) is 68.6 Å². The van der Waals surface area contributed by atoms with Crippen LogP contribution in [0.1, 0.15) is 11.1 Å². The summed E-state index contributed by atoms with van der Waals surface area (Å²) < 4.78 is 1.44. The molecule has 0 unspecified atom stereocenters. The van der Waals surface area contributed by atoms with Crippen LogP contribution in [-0.4, -0.2) is 23.6 Å². The van der Waals surface area contributed by atoms with E-state index >= 15 is 0 Å². The molecule has 0 radical (unpaired) electrons. The Kier molecular flexibility index (Phi) is 5.64. The fourth-order valence-electron chi connectivity index (χ4n) is 2.06. The lowest BCUT2D eigenvalue weighted by molar-refractivity contribution is 0.331. The van der Waals surface area contributed by atoms with E-state index in [4.69, 9.17) is 0 Å². The summed E-state index contributed by atoms with van der Waals surface area (Å²) in [6, 6.07) is 14.4. The second-order valence-electron chi connectivity index (χ2n) is 4.88. The zero-order valence-corrected chi connectivity index (χ0v) is 14.5. The normalized spacial score (nSPS) is 11.0. The molecule has 2 aromatic rings. The van der Waals surface area contributed by atoms with Gasteiger partial charge in [0.15, 0.2) is 0 Å². The number of phenolic OH excluding ortho intramolecular Hbond substituents is 1. The first-order chi connectivity index (χ1) is 9.56. The monoisotopic (exact) mass is 397 g/mol. The highest BCUT2D eigenvalue weighted by molar-refractivity contribution is 9.11. The Morgan fingerprint density at radius 2 is 1.60 bits per heavy atom. The van der Waals surface area contributed by atoms with Crippen LogP contribution in [-0.2, 0) is 13.0 Å². The van der Waals surface area contributed by atoms with E-state index in [1.54, 1.807) is 0 Å². The number of rotatable bonds is 5. The zero-order valence-electron chi connectivity index (χ0n) is 11.3. The number of hydrogen-bond acceptors (Lipinski definition) is 2. The lowest BCUT2D eigenvalue weighted by Crippen LogP contribution is -2.20. The van der Waals surface area contributed by atoms with Crippen LogP contribution in [0.15, 0.2) is 51.4 Å². The van der Waals surface area contributed by atoms with E-state index in [1.165, 1.54) is 5.56 Å². The quantitative estimate of drug-likeness (QED) is 0.795. The van der Waals surface area contributed by atoms with Gasteiger partial charge in [-0.15, -0.1) is 0 Å². The largest absolute Gasteiger partial charge is 0.506 e. The average Bonchev–Trinajstić information content (AvgIpc) is 2.43. The Hall–Kier alpha value is -0.840. The van der Waals surface area contributed by atoms with Gasteiger partial charge in [0.25, 0.3) is 0 Å². The maximum absolute atomic E-state index is 9.71. The number of phenols is 1. The van der Waals surface area contributed by atoms with E-state index in [-0.39, 0.29) is 5.75 Å². The molecule has 0 atom stereocenters. The molecule has 106 valence electrons. The van der Waals surface area contributed by atoms with Gasteiger partial charge in [0.05, 0.1) is 8.95 Å². The van der Waals surface area contributed by atoms with Gasteiger partial charge in [-0.1, -0.05) is 30.3 Å². The Morgan fingerprint density at radius 1 is 1.00 bits per heavy atom. The summed E-state index contributed by atoms with van der Waals surface area (Å²) in [5, 5.41) is 9.71. The molecule has 0 saturated carbocycles. The molecule has 0 saturated heterocycles. The standard InChI is InChI=1S/C16H17Br2NO/c1-19(8-7-12-5-3-2-4-6-12)11-13-9-14(17)16(20)15(18)10-13/h2-6,9-10,20H,7-8,11H2,1H3. The van der Waals surface area contributed by atoms with Gasteiger partial charge >= 0.3 is 0 Å². The molecule has 0 amide bonds. The van der Waals surface area contributed by atoms with Crippen LogP contribution >= 0.6 is 31.9 Å². The molecule has 0 fully saturated rings. The summed E-state index contributed by atoms with van der Waals surface area (Å²) in [5.41, 5.74) is 2.52. The highest BCUT2D eigenvalue weighted by Gasteiger charge is 2.08. The lowest BCUT2D eigenvalue weighted by Gasteiger charge is -2.17. The first-order valence-corrected chi connectivity index (χ1v) is 8.04. The van der Waals surface area contributed by atoms with E-state index in [9.17, 15) is 5.11 Å². The molecular formula is C16H17Br2NO. The van der Waals surface area contributed by atoms with Gasteiger partial charge in [0.2, 0.25) is 0 Å². The first kappa shape index (κ1) is 15.5. The molecule has 0 aliphatic heterocycles. The minimum Gasteiger partial charge on any atom is -0.506 e. The maximum atomic E-state index is 9.71. The van der Waals surface area contributed by atoms with Crippen molar-refractivity contribution < 1.29 is 5.11 Å². The van der Waals surface area contributed by atoms with Gasteiger partial charge in [-0.3, -0.25) is 0 Å². The molecule has 20 heavy (non-hydrogen) atoms. The van der Waals surface area contributed by atoms with Crippen molar-refractivity contribution in [2.45, 2.75) is 13.0 Å². The van der Waals surface area contributed by atoms with Crippen molar-refractivity contribution in [2.24, 2.45) is 0 Å². The number of likely N-dealkylation sites (N-methyl/N-ethyl adjacent to an activating group) is 1. The number of halogens is 2. The average molecular weight is 399 g/mol. The van der Waals surface area contributed by atoms with Crippen LogP contribution in [0.25, 0.3) is 0 Å². The van der Waals surface area contributed by atoms with Crippen molar-refractivity contribution in [3.8, 4) is 5.75 Å². The minimum atomic E-state index is 0.251. The fraction of sp³-hybridized carbons (Fsp3) is 0.250. The van der Waals surface area contributed by atoms with Crippen LogP contribution < -0.4 is 0 Å². The molecule has 0 aromatic heterocycles. The highest BCUT2D eigenvalue weighted by atomic mass is 79.9. The summed E-state index contributed by atoms with van der Waals surface area (Å²) >= 11 is 6.73. The Labute approximate surface area is 136 Å². The van der Waals surface area contributed by atoms with Gasteiger partial charge in [0.1, 0.15) is 5.75 Å².